The van der Waals surface area contributed by atoms with E-state index in [1.807, 2.05) is 31.2 Å². The fourth-order valence-electron chi connectivity index (χ4n) is 1.64. The lowest BCUT2D eigenvalue weighted by molar-refractivity contribution is -0.116. The molecule has 0 saturated carbocycles. The summed E-state index contributed by atoms with van der Waals surface area (Å²) >= 11 is 1.72. The van der Waals surface area contributed by atoms with E-state index in [1.54, 1.807) is 17.8 Å². The van der Waals surface area contributed by atoms with Crippen LogP contribution in [0.2, 0.25) is 0 Å². The Bertz CT molecular complexity index is 449. The number of ether oxygens (including phenoxy) is 1. The second-order valence-corrected chi connectivity index (χ2v) is 5.51. The molecule has 0 aliphatic rings. The lowest BCUT2D eigenvalue weighted by atomic mass is 10.2. The number of para-hydroxylation sites is 1. The van der Waals surface area contributed by atoms with Crippen molar-refractivity contribution in [3.63, 3.8) is 0 Å². The average Bonchev–Trinajstić information content (AvgIpc) is 2.50. The van der Waals surface area contributed by atoms with Gasteiger partial charge in [0.1, 0.15) is 5.75 Å². The lowest BCUT2D eigenvalue weighted by Gasteiger charge is -2.06. The van der Waals surface area contributed by atoms with E-state index in [4.69, 9.17) is 9.84 Å². The first kappa shape index (κ1) is 17.6. The van der Waals surface area contributed by atoms with Crippen LogP contribution in [0.25, 0.3) is 6.08 Å². The van der Waals surface area contributed by atoms with Crippen LogP contribution in [-0.4, -0.2) is 42.3 Å². The number of hydrogen-bond donors (Lipinski definition) is 2. The Morgan fingerprint density at radius 2 is 2.19 bits per heavy atom. The van der Waals surface area contributed by atoms with E-state index in [1.165, 1.54) is 6.08 Å². The topological polar surface area (TPSA) is 58.6 Å². The van der Waals surface area contributed by atoms with Crippen LogP contribution in [0.1, 0.15) is 18.9 Å². The van der Waals surface area contributed by atoms with Crippen molar-refractivity contribution in [3.8, 4) is 5.75 Å². The van der Waals surface area contributed by atoms with Crippen LogP contribution < -0.4 is 10.1 Å². The molecule has 0 bridgehead atoms. The first-order valence-corrected chi connectivity index (χ1v) is 8.29. The van der Waals surface area contributed by atoms with Gasteiger partial charge in [0.05, 0.1) is 6.61 Å². The Morgan fingerprint density at radius 1 is 1.38 bits per heavy atom. The number of hydrogen-bond acceptors (Lipinski definition) is 4. The van der Waals surface area contributed by atoms with E-state index in [0.717, 1.165) is 29.2 Å². The van der Waals surface area contributed by atoms with Crippen molar-refractivity contribution in [3.05, 3.63) is 35.9 Å². The third-order valence-corrected chi connectivity index (χ3v) is 3.70. The van der Waals surface area contributed by atoms with Crippen molar-refractivity contribution >= 4 is 23.7 Å². The SMILES string of the molecule is CCOc1ccccc1/C=C/C(=O)NCCSCCCO. The molecule has 1 aromatic carbocycles. The maximum Gasteiger partial charge on any atom is 0.244 e. The molecule has 0 aromatic heterocycles. The maximum absolute atomic E-state index is 11.7. The Morgan fingerprint density at radius 3 is 2.95 bits per heavy atom. The van der Waals surface area contributed by atoms with Gasteiger partial charge in [0.25, 0.3) is 0 Å². The summed E-state index contributed by atoms with van der Waals surface area (Å²) in [6, 6.07) is 7.63. The number of amides is 1. The lowest BCUT2D eigenvalue weighted by Crippen LogP contribution is -2.23. The van der Waals surface area contributed by atoms with Gasteiger partial charge in [-0.1, -0.05) is 18.2 Å². The highest BCUT2D eigenvalue weighted by Gasteiger charge is 2.00. The van der Waals surface area contributed by atoms with Crippen molar-refractivity contribution in [2.75, 3.05) is 31.3 Å². The van der Waals surface area contributed by atoms with Crippen LogP contribution in [0.15, 0.2) is 30.3 Å². The van der Waals surface area contributed by atoms with Gasteiger partial charge >= 0.3 is 0 Å². The molecule has 0 unspecified atom stereocenters. The van der Waals surface area contributed by atoms with Crippen LogP contribution in [0, 0.1) is 0 Å². The molecule has 21 heavy (non-hydrogen) atoms. The zero-order valence-corrected chi connectivity index (χ0v) is 13.2. The molecule has 4 nitrogen and oxygen atoms in total. The molecule has 0 heterocycles. The zero-order chi connectivity index (χ0) is 15.3. The van der Waals surface area contributed by atoms with Crippen molar-refractivity contribution in [2.24, 2.45) is 0 Å². The van der Waals surface area contributed by atoms with E-state index in [9.17, 15) is 4.79 Å². The summed E-state index contributed by atoms with van der Waals surface area (Å²) in [4.78, 5) is 11.7. The molecular weight excluding hydrogens is 286 g/mol. The van der Waals surface area contributed by atoms with E-state index < -0.39 is 0 Å². The van der Waals surface area contributed by atoms with Crippen LogP contribution in [-0.2, 0) is 4.79 Å². The maximum atomic E-state index is 11.7. The number of carbonyl (C=O) groups excluding carboxylic acids is 1. The molecule has 0 aliphatic carbocycles. The number of aliphatic hydroxyl groups is 1. The number of nitrogens with one attached hydrogen (secondary N) is 1. The highest BCUT2D eigenvalue weighted by Crippen LogP contribution is 2.19. The average molecular weight is 309 g/mol. The second-order valence-electron chi connectivity index (χ2n) is 4.28. The standard InChI is InChI=1S/C16H23NO3S/c1-2-20-15-7-4-3-6-14(15)8-9-16(19)17-10-13-21-12-5-11-18/h3-4,6-9,18H,2,5,10-13H2,1H3,(H,17,19)/b9-8+. The largest absolute Gasteiger partial charge is 0.493 e. The number of carbonyl (C=O) groups is 1. The van der Waals surface area contributed by atoms with Crippen LogP contribution in [0.3, 0.4) is 0 Å². The highest BCUT2D eigenvalue weighted by atomic mass is 32.2. The number of rotatable bonds is 10. The van der Waals surface area contributed by atoms with Gasteiger partial charge < -0.3 is 15.2 Å². The molecule has 116 valence electrons. The fourth-order valence-corrected chi connectivity index (χ4v) is 2.43. The summed E-state index contributed by atoms with van der Waals surface area (Å²) < 4.78 is 5.50. The fraction of sp³-hybridized carbons (Fsp3) is 0.438. The summed E-state index contributed by atoms with van der Waals surface area (Å²) in [5.74, 6) is 2.45. The number of aliphatic hydroxyl groups excluding tert-OH is 1. The second kappa shape index (κ2) is 11.2. The molecule has 2 N–H and O–H groups in total. The van der Waals surface area contributed by atoms with E-state index in [-0.39, 0.29) is 12.5 Å². The molecule has 0 spiro atoms. The minimum Gasteiger partial charge on any atom is -0.493 e. The monoisotopic (exact) mass is 309 g/mol. The summed E-state index contributed by atoms with van der Waals surface area (Å²) in [5.41, 5.74) is 0.895. The predicted octanol–water partition coefficient (Wildman–Crippen LogP) is 2.33. The Balaban J connectivity index is 2.33. The summed E-state index contributed by atoms with van der Waals surface area (Å²) in [7, 11) is 0. The van der Waals surface area contributed by atoms with Gasteiger partial charge in [-0.2, -0.15) is 11.8 Å². The van der Waals surface area contributed by atoms with Gasteiger partial charge in [-0.25, -0.2) is 0 Å². The number of thioether (sulfide) groups is 1. The molecule has 0 radical (unpaired) electrons. The van der Waals surface area contributed by atoms with Gasteiger partial charge in [-0.05, 0) is 31.2 Å². The van der Waals surface area contributed by atoms with Gasteiger partial charge in [0, 0.05) is 30.5 Å². The van der Waals surface area contributed by atoms with Gasteiger partial charge in [0.2, 0.25) is 5.91 Å². The smallest absolute Gasteiger partial charge is 0.244 e. The van der Waals surface area contributed by atoms with Crippen molar-refractivity contribution in [2.45, 2.75) is 13.3 Å². The quantitative estimate of drug-likeness (QED) is 0.514. The summed E-state index contributed by atoms with van der Waals surface area (Å²) in [5, 5.41) is 11.5. The van der Waals surface area contributed by atoms with Crippen LogP contribution >= 0.6 is 11.8 Å². The molecule has 1 aromatic rings. The first-order chi connectivity index (χ1) is 10.3. The minimum atomic E-state index is -0.107. The zero-order valence-electron chi connectivity index (χ0n) is 12.4. The highest BCUT2D eigenvalue weighted by molar-refractivity contribution is 7.99. The summed E-state index contributed by atoms with van der Waals surface area (Å²) in [6.45, 7) is 3.39. The molecule has 0 saturated heterocycles. The molecule has 0 atom stereocenters. The van der Waals surface area contributed by atoms with Gasteiger partial charge in [0.15, 0.2) is 0 Å². The van der Waals surface area contributed by atoms with Crippen molar-refractivity contribution in [1.82, 2.24) is 5.32 Å². The van der Waals surface area contributed by atoms with Crippen LogP contribution in [0.4, 0.5) is 0 Å². The Labute approximate surface area is 130 Å². The van der Waals surface area contributed by atoms with E-state index >= 15 is 0 Å². The van der Waals surface area contributed by atoms with Gasteiger partial charge in [-0.3, -0.25) is 4.79 Å². The van der Waals surface area contributed by atoms with Crippen molar-refractivity contribution < 1.29 is 14.6 Å². The van der Waals surface area contributed by atoms with Crippen molar-refractivity contribution in [1.29, 1.82) is 0 Å². The van der Waals surface area contributed by atoms with E-state index in [2.05, 4.69) is 5.32 Å². The molecule has 0 aliphatic heterocycles. The molecule has 1 amide bonds. The molecule has 1 rings (SSSR count). The molecule has 0 fully saturated rings. The van der Waals surface area contributed by atoms with E-state index in [0.29, 0.717) is 13.2 Å². The predicted molar refractivity (Wildman–Crippen MR) is 88.7 cm³/mol. The first-order valence-electron chi connectivity index (χ1n) is 7.14. The minimum absolute atomic E-state index is 0.107. The summed E-state index contributed by atoms with van der Waals surface area (Å²) in [6.07, 6.45) is 4.09. The van der Waals surface area contributed by atoms with Gasteiger partial charge in [-0.15, -0.1) is 0 Å². The Hall–Kier alpha value is -1.46. The Kier molecular flexibility index (Phi) is 9.40. The normalized spacial score (nSPS) is 10.8. The van der Waals surface area contributed by atoms with Crippen LogP contribution in [0.5, 0.6) is 5.75 Å². The third kappa shape index (κ3) is 7.78. The molecular formula is C16H23NO3S. The number of benzene rings is 1. The molecule has 5 heteroatoms. The third-order valence-electron chi connectivity index (χ3n) is 2.63.